The van der Waals surface area contributed by atoms with Gasteiger partial charge in [0, 0.05) is 29.6 Å². The van der Waals surface area contributed by atoms with Crippen LogP contribution in [0.1, 0.15) is 24.4 Å². The number of benzene rings is 1. The van der Waals surface area contributed by atoms with Crippen molar-refractivity contribution in [2.45, 2.75) is 24.9 Å². The lowest BCUT2D eigenvalue weighted by atomic mass is 10.1. The summed E-state index contributed by atoms with van der Waals surface area (Å²) in [5.74, 6) is 0. The van der Waals surface area contributed by atoms with E-state index in [1.165, 1.54) is 18.4 Å². The molecule has 0 radical (unpaired) electrons. The number of rotatable bonds is 6. The maximum atomic E-state index is 9.17. The van der Waals surface area contributed by atoms with Gasteiger partial charge in [-0.1, -0.05) is 28.1 Å². The lowest BCUT2D eigenvalue weighted by molar-refractivity contribution is 0.145. The third-order valence-corrected chi connectivity index (χ3v) is 3.72. The second-order valence-electron chi connectivity index (χ2n) is 4.50. The lowest BCUT2D eigenvalue weighted by Crippen LogP contribution is -2.37. The van der Waals surface area contributed by atoms with Crippen molar-refractivity contribution < 1.29 is 5.11 Å². The van der Waals surface area contributed by atoms with E-state index in [1.54, 1.807) is 0 Å². The van der Waals surface area contributed by atoms with Gasteiger partial charge in [-0.2, -0.15) is 0 Å². The van der Waals surface area contributed by atoms with Gasteiger partial charge in [0.1, 0.15) is 0 Å². The van der Waals surface area contributed by atoms with Crippen molar-refractivity contribution in [2.24, 2.45) is 5.73 Å². The molecule has 1 fully saturated rings. The van der Waals surface area contributed by atoms with Gasteiger partial charge in [-0.05, 0) is 30.5 Å². The summed E-state index contributed by atoms with van der Waals surface area (Å²) >= 11 is 3.49. The molecular formula is C13H19BrN2O. The second kappa shape index (κ2) is 5.96. The molecule has 1 aromatic carbocycles. The normalized spacial score (nSPS) is 17.4. The lowest BCUT2D eigenvalue weighted by Gasteiger charge is -2.30. The highest BCUT2D eigenvalue weighted by Gasteiger charge is 2.33. The van der Waals surface area contributed by atoms with E-state index in [9.17, 15) is 0 Å². The number of halogens is 1. The van der Waals surface area contributed by atoms with E-state index in [1.807, 2.05) is 12.1 Å². The zero-order valence-corrected chi connectivity index (χ0v) is 11.4. The number of aliphatic hydroxyl groups is 1. The summed E-state index contributed by atoms with van der Waals surface area (Å²) in [7, 11) is 0. The minimum Gasteiger partial charge on any atom is -0.395 e. The van der Waals surface area contributed by atoms with Gasteiger partial charge in [0.2, 0.25) is 0 Å². The van der Waals surface area contributed by atoms with Gasteiger partial charge in [-0.25, -0.2) is 0 Å². The Morgan fingerprint density at radius 1 is 1.47 bits per heavy atom. The van der Waals surface area contributed by atoms with E-state index >= 15 is 0 Å². The second-order valence-corrected chi connectivity index (χ2v) is 5.41. The van der Waals surface area contributed by atoms with Gasteiger partial charge in [0.25, 0.3) is 0 Å². The van der Waals surface area contributed by atoms with Crippen LogP contribution in [0.3, 0.4) is 0 Å². The molecule has 0 aromatic heterocycles. The monoisotopic (exact) mass is 298 g/mol. The molecule has 0 saturated heterocycles. The topological polar surface area (TPSA) is 49.5 Å². The van der Waals surface area contributed by atoms with Gasteiger partial charge < -0.3 is 10.8 Å². The molecule has 2 rings (SSSR count). The van der Waals surface area contributed by atoms with Crippen molar-refractivity contribution in [1.29, 1.82) is 0 Å². The first kappa shape index (κ1) is 13.0. The summed E-state index contributed by atoms with van der Waals surface area (Å²) in [4.78, 5) is 2.34. The summed E-state index contributed by atoms with van der Waals surface area (Å²) in [6.07, 6.45) is 2.45. The fourth-order valence-corrected chi connectivity index (χ4v) is 2.71. The van der Waals surface area contributed by atoms with Crippen LogP contribution in [0.2, 0.25) is 0 Å². The maximum Gasteiger partial charge on any atom is 0.0558 e. The van der Waals surface area contributed by atoms with Crippen molar-refractivity contribution >= 4 is 15.9 Å². The zero-order valence-electron chi connectivity index (χ0n) is 9.85. The van der Waals surface area contributed by atoms with Gasteiger partial charge in [0.05, 0.1) is 6.61 Å². The molecule has 3 N–H and O–H groups in total. The highest BCUT2D eigenvalue weighted by atomic mass is 79.9. The molecule has 1 aliphatic carbocycles. The van der Waals surface area contributed by atoms with Crippen LogP contribution in [-0.2, 0) is 0 Å². The van der Waals surface area contributed by atoms with E-state index in [-0.39, 0.29) is 12.6 Å². The maximum absolute atomic E-state index is 9.17. The Kier molecular flexibility index (Phi) is 4.56. The Labute approximate surface area is 111 Å². The number of hydrogen-bond acceptors (Lipinski definition) is 3. The zero-order chi connectivity index (χ0) is 12.3. The number of hydrogen-bond donors (Lipinski definition) is 2. The van der Waals surface area contributed by atoms with Crippen LogP contribution in [0.4, 0.5) is 0 Å². The smallest absolute Gasteiger partial charge is 0.0558 e. The minimum atomic E-state index is 0.195. The summed E-state index contributed by atoms with van der Waals surface area (Å²) in [5, 5.41) is 9.17. The Morgan fingerprint density at radius 2 is 2.24 bits per heavy atom. The standard InChI is InChI=1S/C13H19BrN2O/c14-11-3-1-2-10(8-11)13(9-15)16(6-7-17)12-4-5-12/h1-3,8,12-13,17H,4-7,9,15H2. The molecule has 1 unspecified atom stereocenters. The molecule has 94 valence electrons. The fraction of sp³-hybridized carbons (Fsp3) is 0.538. The highest BCUT2D eigenvalue weighted by Crippen LogP contribution is 2.34. The van der Waals surface area contributed by atoms with Crippen LogP contribution in [0.15, 0.2) is 28.7 Å². The van der Waals surface area contributed by atoms with Gasteiger partial charge in [0.15, 0.2) is 0 Å². The van der Waals surface area contributed by atoms with Crippen molar-refractivity contribution in [3.63, 3.8) is 0 Å². The molecule has 3 nitrogen and oxygen atoms in total. The molecule has 0 spiro atoms. The number of aliphatic hydroxyl groups excluding tert-OH is 1. The quantitative estimate of drug-likeness (QED) is 0.843. The molecule has 17 heavy (non-hydrogen) atoms. The Hall–Kier alpha value is -0.420. The Balaban J connectivity index is 2.18. The highest BCUT2D eigenvalue weighted by molar-refractivity contribution is 9.10. The molecule has 1 aromatic rings. The van der Waals surface area contributed by atoms with Crippen LogP contribution in [0.5, 0.6) is 0 Å². The van der Waals surface area contributed by atoms with Crippen molar-refractivity contribution in [3.05, 3.63) is 34.3 Å². The van der Waals surface area contributed by atoms with Crippen LogP contribution in [0, 0.1) is 0 Å². The Morgan fingerprint density at radius 3 is 2.76 bits per heavy atom. The van der Waals surface area contributed by atoms with Crippen molar-refractivity contribution in [3.8, 4) is 0 Å². The SMILES string of the molecule is NCC(c1cccc(Br)c1)N(CCO)C1CC1. The molecule has 0 bridgehead atoms. The van der Waals surface area contributed by atoms with Crippen molar-refractivity contribution in [1.82, 2.24) is 4.90 Å². The van der Waals surface area contributed by atoms with Gasteiger partial charge >= 0.3 is 0 Å². The largest absolute Gasteiger partial charge is 0.395 e. The van der Waals surface area contributed by atoms with E-state index in [0.29, 0.717) is 19.1 Å². The molecular weight excluding hydrogens is 280 g/mol. The Bertz CT molecular complexity index is 368. The third kappa shape index (κ3) is 3.28. The molecule has 1 saturated carbocycles. The third-order valence-electron chi connectivity index (χ3n) is 3.23. The average molecular weight is 299 g/mol. The molecule has 0 heterocycles. The van der Waals surface area contributed by atoms with Gasteiger partial charge in [-0.15, -0.1) is 0 Å². The molecule has 1 atom stereocenters. The first-order valence-corrected chi connectivity index (χ1v) is 6.87. The predicted octanol–water partition coefficient (Wildman–Crippen LogP) is 1.91. The van der Waals surface area contributed by atoms with Crippen LogP contribution >= 0.6 is 15.9 Å². The first-order valence-electron chi connectivity index (χ1n) is 6.08. The average Bonchev–Trinajstić information content (AvgIpc) is 3.13. The number of nitrogens with zero attached hydrogens (tertiary/aromatic N) is 1. The molecule has 0 aliphatic heterocycles. The summed E-state index contributed by atoms with van der Waals surface area (Å²) in [6, 6.07) is 9.09. The van der Waals surface area contributed by atoms with E-state index in [0.717, 1.165) is 4.47 Å². The minimum absolute atomic E-state index is 0.195. The van der Waals surface area contributed by atoms with Crippen molar-refractivity contribution in [2.75, 3.05) is 19.7 Å². The molecule has 4 heteroatoms. The number of nitrogens with two attached hydrogens (primary N) is 1. The predicted molar refractivity (Wildman–Crippen MR) is 72.8 cm³/mol. The summed E-state index contributed by atoms with van der Waals surface area (Å²) < 4.78 is 1.08. The summed E-state index contributed by atoms with van der Waals surface area (Å²) in [6.45, 7) is 1.49. The van der Waals surface area contributed by atoms with E-state index in [2.05, 4.69) is 33.0 Å². The fourth-order valence-electron chi connectivity index (χ4n) is 2.29. The van der Waals surface area contributed by atoms with Crippen LogP contribution in [-0.4, -0.2) is 35.7 Å². The van der Waals surface area contributed by atoms with Gasteiger partial charge in [-0.3, -0.25) is 4.90 Å². The van der Waals surface area contributed by atoms with E-state index in [4.69, 9.17) is 10.8 Å². The van der Waals surface area contributed by atoms with E-state index < -0.39 is 0 Å². The molecule has 1 aliphatic rings. The first-order chi connectivity index (χ1) is 8.26. The molecule has 0 amide bonds. The van der Waals surface area contributed by atoms with Crippen LogP contribution in [0.25, 0.3) is 0 Å². The van der Waals surface area contributed by atoms with Crippen LogP contribution < -0.4 is 5.73 Å². The summed E-state index contributed by atoms with van der Waals surface area (Å²) in [5.41, 5.74) is 7.14.